The van der Waals surface area contributed by atoms with Crippen LogP contribution in [0, 0.1) is 20.8 Å². The van der Waals surface area contributed by atoms with E-state index in [9.17, 15) is 0 Å². The van der Waals surface area contributed by atoms with E-state index in [0.717, 1.165) is 11.1 Å². The van der Waals surface area contributed by atoms with Crippen molar-refractivity contribution >= 4 is 5.70 Å². The highest BCUT2D eigenvalue weighted by Gasteiger charge is 2.43. The van der Waals surface area contributed by atoms with E-state index in [2.05, 4.69) is 71.8 Å². The number of unbranched alkanes of at least 4 members (excludes halogenated alkanes) is 1. The summed E-state index contributed by atoms with van der Waals surface area (Å²) in [4.78, 5) is 0. The van der Waals surface area contributed by atoms with Crippen LogP contribution in [-0.2, 0) is 0 Å². The molecule has 0 saturated carbocycles. The number of nitrogens with zero attached hydrogens (tertiary/aromatic N) is 2. The zero-order valence-electron chi connectivity index (χ0n) is 15.5. The van der Waals surface area contributed by atoms with Gasteiger partial charge in [-0.2, -0.15) is 0 Å². The topological polar surface area (TPSA) is 3.24 Å². The molecule has 0 aromatic heterocycles. The van der Waals surface area contributed by atoms with Gasteiger partial charge in [-0.25, -0.2) is 9.60 Å². The third kappa shape index (κ3) is 2.69. The first-order valence-corrected chi connectivity index (χ1v) is 8.78. The number of aryl methyl sites for hydroxylation is 3. The van der Waals surface area contributed by atoms with Crippen LogP contribution in [0.25, 0.3) is 5.70 Å². The molecule has 0 fully saturated rings. The number of hydrogen-bond donors (Lipinski definition) is 0. The Hall–Kier alpha value is -1.28. The Kier molecular flexibility index (Phi) is 5.01. The summed E-state index contributed by atoms with van der Waals surface area (Å²) in [5, 5.41) is 2.53. The van der Waals surface area contributed by atoms with Crippen LogP contribution in [0.2, 0.25) is 0 Å². The molecule has 0 bridgehead atoms. The van der Waals surface area contributed by atoms with Crippen LogP contribution in [0.1, 0.15) is 55.9 Å². The standard InChI is InChI=1S/C20H33N2/c1-8-10-11-22(9-2)18(6)14-19(21(22)7)20-16(4)12-15(3)13-17(20)5/h12-14,18H,8-11H2,1-7H3/q+1. The second-order valence-corrected chi connectivity index (χ2v) is 6.97. The van der Waals surface area contributed by atoms with E-state index in [1.54, 1.807) is 0 Å². The lowest BCUT2D eigenvalue weighted by atomic mass is 9.97. The van der Waals surface area contributed by atoms with Gasteiger partial charge in [0.1, 0.15) is 12.6 Å². The summed E-state index contributed by atoms with van der Waals surface area (Å²) in [6.45, 7) is 16.1. The Labute approximate surface area is 137 Å². The summed E-state index contributed by atoms with van der Waals surface area (Å²) < 4.78 is 1.07. The van der Waals surface area contributed by atoms with Crippen molar-refractivity contribution in [3.63, 3.8) is 0 Å². The smallest absolute Gasteiger partial charge is 0.130 e. The molecule has 0 saturated heterocycles. The maximum absolute atomic E-state index is 2.53. The predicted molar refractivity (Wildman–Crippen MR) is 96.4 cm³/mol. The third-order valence-electron chi connectivity index (χ3n) is 5.48. The molecule has 1 aromatic carbocycles. The van der Waals surface area contributed by atoms with E-state index >= 15 is 0 Å². The molecule has 1 aromatic rings. The minimum atomic E-state index is 0.552. The van der Waals surface area contributed by atoms with Gasteiger partial charge >= 0.3 is 0 Å². The zero-order valence-corrected chi connectivity index (χ0v) is 15.5. The summed E-state index contributed by atoms with van der Waals surface area (Å²) in [6.07, 6.45) is 5.04. The number of rotatable bonds is 5. The molecular weight excluding hydrogens is 268 g/mol. The van der Waals surface area contributed by atoms with Gasteiger partial charge < -0.3 is 0 Å². The SMILES string of the molecule is CCCC[N+]1(CC)C(C)C=C(c2c(C)cc(C)cc2C)N1C. The molecule has 1 aliphatic heterocycles. The summed E-state index contributed by atoms with van der Waals surface area (Å²) in [5.74, 6) is 0. The lowest BCUT2D eigenvalue weighted by Crippen LogP contribution is -2.59. The molecular formula is C20H33N2+. The van der Waals surface area contributed by atoms with E-state index in [1.165, 1.54) is 47.3 Å². The summed E-state index contributed by atoms with van der Waals surface area (Å²) in [7, 11) is 2.28. The Morgan fingerprint density at radius 2 is 1.68 bits per heavy atom. The van der Waals surface area contributed by atoms with Crippen LogP contribution in [-0.4, -0.2) is 35.8 Å². The van der Waals surface area contributed by atoms with Crippen LogP contribution in [0.15, 0.2) is 18.2 Å². The van der Waals surface area contributed by atoms with Gasteiger partial charge in [-0.05, 0) is 52.2 Å². The Morgan fingerprint density at radius 1 is 1.09 bits per heavy atom. The predicted octanol–water partition coefficient (Wildman–Crippen LogP) is 4.84. The summed E-state index contributed by atoms with van der Waals surface area (Å²) in [6, 6.07) is 5.18. The first-order chi connectivity index (χ1) is 10.4. The van der Waals surface area contributed by atoms with Crippen LogP contribution in [0.4, 0.5) is 0 Å². The van der Waals surface area contributed by atoms with Gasteiger partial charge in [-0.3, -0.25) is 0 Å². The molecule has 1 aliphatic rings. The molecule has 2 atom stereocenters. The molecule has 1 heterocycles. The fraction of sp³-hybridized carbons (Fsp3) is 0.600. The molecule has 0 amide bonds. The molecule has 22 heavy (non-hydrogen) atoms. The van der Waals surface area contributed by atoms with Gasteiger partial charge in [0.15, 0.2) is 0 Å². The molecule has 0 spiro atoms. The van der Waals surface area contributed by atoms with Crippen LogP contribution < -0.4 is 0 Å². The lowest BCUT2D eigenvalue weighted by Gasteiger charge is -2.44. The van der Waals surface area contributed by atoms with Gasteiger partial charge in [-0.1, -0.05) is 31.0 Å². The highest BCUT2D eigenvalue weighted by Crippen LogP contribution is 2.38. The van der Waals surface area contributed by atoms with Crippen molar-refractivity contribution in [2.24, 2.45) is 0 Å². The molecule has 2 unspecified atom stereocenters. The van der Waals surface area contributed by atoms with Crippen molar-refractivity contribution in [1.82, 2.24) is 5.01 Å². The van der Waals surface area contributed by atoms with Gasteiger partial charge in [-0.15, -0.1) is 0 Å². The van der Waals surface area contributed by atoms with Gasteiger partial charge in [0.25, 0.3) is 0 Å². The van der Waals surface area contributed by atoms with Crippen molar-refractivity contribution < 1.29 is 4.59 Å². The van der Waals surface area contributed by atoms with E-state index in [-0.39, 0.29) is 0 Å². The largest absolute Gasteiger partial charge is 0.226 e. The molecule has 2 heteroatoms. The van der Waals surface area contributed by atoms with E-state index in [4.69, 9.17) is 0 Å². The molecule has 0 aliphatic carbocycles. The first-order valence-electron chi connectivity index (χ1n) is 8.78. The zero-order chi connectivity index (χ0) is 16.5. The van der Waals surface area contributed by atoms with E-state index in [1.807, 2.05) is 0 Å². The Bertz CT molecular complexity index is 550. The highest BCUT2D eigenvalue weighted by molar-refractivity contribution is 5.70. The minimum Gasteiger partial charge on any atom is -0.226 e. The van der Waals surface area contributed by atoms with Crippen LogP contribution in [0.5, 0.6) is 0 Å². The molecule has 2 rings (SSSR count). The van der Waals surface area contributed by atoms with Crippen molar-refractivity contribution in [2.45, 2.75) is 60.4 Å². The second kappa shape index (κ2) is 6.45. The second-order valence-electron chi connectivity index (χ2n) is 6.97. The molecule has 122 valence electrons. The maximum atomic E-state index is 2.53. The minimum absolute atomic E-state index is 0.552. The quantitative estimate of drug-likeness (QED) is 0.704. The Morgan fingerprint density at radius 3 is 2.18 bits per heavy atom. The number of likely N-dealkylation sites (N-methyl/N-ethyl adjacent to an activating group) is 1. The highest BCUT2D eigenvalue weighted by atomic mass is 15.8. The Balaban J connectivity index is 2.45. The monoisotopic (exact) mass is 301 g/mol. The van der Waals surface area contributed by atoms with Crippen molar-refractivity contribution in [2.75, 3.05) is 20.1 Å². The number of benzene rings is 1. The first kappa shape index (κ1) is 17.1. The molecule has 2 nitrogen and oxygen atoms in total. The van der Waals surface area contributed by atoms with Gasteiger partial charge in [0, 0.05) is 11.6 Å². The fourth-order valence-corrected chi connectivity index (χ4v) is 4.24. The average molecular weight is 301 g/mol. The normalized spacial score (nSPS) is 24.8. The third-order valence-corrected chi connectivity index (χ3v) is 5.48. The average Bonchev–Trinajstić information content (AvgIpc) is 2.68. The van der Waals surface area contributed by atoms with Gasteiger partial charge in [0.05, 0.1) is 19.3 Å². The summed E-state index contributed by atoms with van der Waals surface area (Å²) >= 11 is 0. The number of quaternary nitrogens is 1. The maximum Gasteiger partial charge on any atom is 0.130 e. The van der Waals surface area contributed by atoms with Crippen LogP contribution >= 0.6 is 0 Å². The van der Waals surface area contributed by atoms with E-state index < -0.39 is 0 Å². The van der Waals surface area contributed by atoms with Gasteiger partial charge in [0.2, 0.25) is 0 Å². The molecule has 0 N–H and O–H groups in total. The summed E-state index contributed by atoms with van der Waals surface area (Å²) in [5.41, 5.74) is 7.00. The van der Waals surface area contributed by atoms with E-state index in [0.29, 0.717) is 6.04 Å². The fourth-order valence-electron chi connectivity index (χ4n) is 4.24. The lowest BCUT2D eigenvalue weighted by molar-refractivity contribution is -1.03. The van der Waals surface area contributed by atoms with Crippen LogP contribution in [0.3, 0.4) is 0 Å². The van der Waals surface area contributed by atoms with Crippen molar-refractivity contribution in [3.05, 3.63) is 40.5 Å². The number of hydrogen-bond acceptors (Lipinski definition) is 1. The van der Waals surface area contributed by atoms with Crippen molar-refractivity contribution in [3.8, 4) is 0 Å². The van der Waals surface area contributed by atoms with Crippen molar-refractivity contribution in [1.29, 1.82) is 0 Å². The molecule has 0 radical (unpaired) electrons.